The maximum absolute atomic E-state index is 13.6. The highest BCUT2D eigenvalue weighted by Gasteiger charge is 2.27. The lowest BCUT2D eigenvalue weighted by molar-refractivity contribution is 0.0621. The van der Waals surface area contributed by atoms with Crippen LogP contribution in [0.1, 0.15) is 34.1 Å². The molecule has 29 heavy (non-hydrogen) atoms. The van der Waals surface area contributed by atoms with Gasteiger partial charge in [-0.15, -0.1) is 0 Å². The summed E-state index contributed by atoms with van der Waals surface area (Å²) in [5.74, 6) is -3.20. The Balaban J connectivity index is 0.00000139. The summed E-state index contributed by atoms with van der Waals surface area (Å²) in [6, 6.07) is 5.42. The van der Waals surface area contributed by atoms with Crippen LogP contribution in [0.15, 0.2) is 70.5 Å². The van der Waals surface area contributed by atoms with Crippen LogP contribution >= 0.6 is 0 Å². The van der Waals surface area contributed by atoms with Gasteiger partial charge in [0.1, 0.15) is 5.70 Å². The second-order valence-corrected chi connectivity index (χ2v) is 7.69. The van der Waals surface area contributed by atoms with Crippen molar-refractivity contribution in [2.24, 2.45) is 21.8 Å². The molecule has 1 aromatic carbocycles. The van der Waals surface area contributed by atoms with E-state index in [1.165, 1.54) is 30.5 Å². The van der Waals surface area contributed by atoms with Crippen molar-refractivity contribution in [1.29, 1.82) is 0 Å². The van der Waals surface area contributed by atoms with Gasteiger partial charge >= 0.3 is 0 Å². The van der Waals surface area contributed by atoms with E-state index in [4.69, 9.17) is 10.9 Å². The van der Waals surface area contributed by atoms with E-state index in [2.05, 4.69) is 10.3 Å². The Morgan fingerprint density at radius 2 is 1.90 bits per heavy atom. The molecule has 1 unspecified atom stereocenters. The van der Waals surface area contributed by atoms with E-state index in [-0.39, 0.29) is 10.8 Å². The molecule has 1 atom stereocenters. The Morgan fingerprint density at radius 1 is 1.31 bits per heavy atom. The number of aliphatic imine (C=N–C) groups is 1. The van der Waals surface area contributed by atoms with Crippen LogP contribution in [0.25, 0.3) is 0 Å². The molecule has 162 valence electrons. The number of sulfonamides is 1. The van der Waals surface area contributed by atoms with Crippen molar-refractivity contribution in [2.75, 3.05) is 5.32 Å². The maximum atomic E-state index is 13.6. The van der Waals surface area contributed by atoms with E-state index in [1.54, 1.807) is 6.20 Å². The van der Waals surface area contributed by atoms with Gasteiger partial charge in [-0.3, -0.25) is 4.99 Å². The van der Waals surface area contributed by atoms with Crippen LogP contribution < -0.4 is 16.2 Å². The Bertz CT molecular complexity index is 825. The minimum absolute atomic E-state index is 0.0590. The monoisotopic (exact) mass is 428 g/mol. The summed E-state index contributed by atoms with van der Waals surface area (Å²) in [5.41, 5.74) is 4.95. The van der Waals surface area contributed by atoms with Gasteiger partial charge in [-0.05, 0) is 43.8 Å². The molecule has 5 N–H and O–H groups in total. The maximum Gasteiger partial charge on any atom is 0.288 e. The van der Waals surface area contributed by atoms with Crippen LogP contribution in [0.2, 0.25) is 0 Å². The van der Waals surface area contributed by atoms with Crippen LogP contribution in [-0.2, 0) is 10.0 Å². The van der Waals surface area contributed by atoms with Gasteiger partial charge in [0.05, 0.1) is 4.90 Å². The van der Waals surface area contributed by atoms with Gasteiger partial charge in [0.2, 0.25) is 10.0 Å². The summed E-state index contributed by atoms with van der Waals surface area (Å²) in [5, 5.41) is 7.67. The summed E-state index contributed by atoms with van der Waals surface area (Å²) in [7, 11) is -3.79. The van der Waals surface area contributed by atoms with Gasteiger partial charge in [-0.25, -0.2) is 13.6 Å². The number of hydrogen-bond donors (Lipinski definition) is 3. The van der Waals surface area contributed by atoms with Gasteiger partial charge in [0, 0.05) is 30.9 Å². The Kier molecular flexibility index (Phi) is 11.7. The highest BCUT2D eigenvalue weighted by molar-refractivity contribution is 7.89. The summed E-state index contributed by atoms with van der Waals surface area (Å²) in [6.07, 6.45) is 10.7. The number of alkyl halides is 2. The number of benzene rings is 1. The zero-order valence-electron chi connectivity index (χ0n) is 17.1. The fourth-order valence-electron chi connectivity index (χ4n) is 1.86. The molecular formula is C20H30F2N4O2S. The molecular weight excluding hydrogens is 398 g/mol. The third-order valence-electron chi connectivity index (χ3n) is 3.32. The molecule has 1 rings (SSSR count). The molecule has 0 spiro atoms. The molecule has 0 heterocycles. The van der Waals surface area contributed by atoms with Crippen LogP contribution in [0, 0.1) is 5.92 Å². The number of allylic oxidation sites excluding steroid dienone is 4. The van der Waals surface area contributed by atoms with Crippen LogP contribution in [0.5, 0.6) is 0 Å². The second kappa shape index (κ2) is 12.8. The summed E-state index contributed by atoms with van der Waals surface area (Å²) in [6.45, 7) is 6.46. The Hall–Kier alpha value is -2.52. The topological polar surface area (TPSA) is 111 Å². The molecule has 9 heteroatoms. The quantitative estimate of drug-likeness (QED) is 0.421. The second-order valence-electron chi connectivity index (χ2n) is 6.13. The molecule has 0 fully saturated rings. The van der Waals surface area contributed by atoms with Crippen molar-refractivity contribution in [2.45, 2.75) is 44.9 Å². The van der Waals surface area contributed by atoms with Gasteiger partial charge in [0.15, 0.2) is 0 Å². The largest absolute Gasteiger partial charge is 0.405 e. The number of anilines is 1. The molecule has 0 aliphatic rings. The molecule has 0 amide bonds. The smallest absolute Gasteiger partial charge is 0.288 e. The third kappa shape index (κ3) is 11.8. The van der Waals surface area contributed by atoms with E-state index < -0.39 is 21.6 Å². The lowest BCUT2D eigenvalue weighted by atomic mass is 10.2. The summed E-state index contributed by atoms with van der Waals surface area (Å²) < 4.78 is 49.6. The fraction of sp³-hybridized carbons (Fsp3) is 0.350. The first-order valence-electron chi connectivity index (χ1n) is 8.97. The normalized spacial score (nSPS) is 14.2. The summed E-state index contributed by atoms with van der Waals surface area (Å²) in [4.78, 5) is 3.78. The average Bonchev–Trinajstić information content (AvgIpc) is 2.61. The van der Waals surface area contributed by atoms with E-state index in [0.29, 0.717) is 5.69 Å². The van der Waals surface area contributed by atoms with Gasteiger partial charge < -0.3 is 11.1 Å². The molecule has 0 aliphatic heterocycles. The lowest BCUT2D eigenvalue weighted by Gasteiger charge is -2.12. The minimum Gasteiger partial charge on any atom is -0.405 e. The van der Waals surface area contributed by atoms with Crippen molar-refractivity contribution in [3.05, 3.63) is 60.6 Å². The van der Waals surface area contributed by atoms with Crippen molar-refractivity contribution in [3.63, 3.8) is 0 Å². The Morgan fingerprint density at radius 3 is 2.28 bits per heavy atom. The van der Waals surface area contributed by atoms with Crippen LogP contribution in [0.3, 0.4) is 0 Å². The van der Waals surface area contributed by atoms with E-state index in [1.807, 2.05) is 39.0 Å². The number of nitrogens with two attached hydrogens (primary N) is 2. The van der Waals surface area contributed by atoms with Crippen molar-refractivity contribution in [1.82, 2.24) is 0 Å². The molecule has 1 aromatic rings. The lowest BCUT2D eigenvalue weighted by Crippen LogP contribution is -2.14. The third-order valence-corrected chi connectivity index (χ3v) is 4.25. The van der Waals surface area contributed by atoms with Crippen LogP contribution in [0.4, 0.5) is 14.5 Å². The number of halogens is 2. The number of nitrogens with zero attached hydrogens (tertiary/aromatic N) is 1. The first-order valence-corrected chi connectivity index (χ1v) is 10.5. The SMILES string of the molecule is C/C=C/C(C)C=N/C(=C\Nc1ccc(S(N)(=O)=O)cc1)C(C)(F)F.CC/C=C\N. The predicted octanol–water partition coefficient (Wildman–Crippen LogP) is 4.39. The molecule has 0 aliphatic carbocycles. The predicted molar refractivity (Wildman–Crippen MR) is 116 cm³/mol. The van der Waals surface area contributed by atoms with E-state index in [9.17, 15) is 17.2 Å². The van der Waals surface area contributed by atoms with Gasteiger partial charge in [-0.2, -0.15) is 8.78 Å². The number of hydrogen-bond acceptors (Lipinski definition) is 5. The van der Waals surface area contributed by atoms with Crippen LogP contribution in [-0.4, -0.2) is 20.6 Å². The fourth-order valence-corrected chi connectivity index (χ4v) is 2.37. The number of primary sulfonamides is 1. The van der Waals surface area contributed by atoms with Crippen molar-refractivity contribution < 1.29 is 17.2 Å². The van der Waals surface area contributed by atoms with Crippen molar-refractivity contribution in [3.8, 4) is 0 Å². The molecule has 0 aromatic heterocycles. The first kappa shape index (κ1) is 26.5. The number of rotatable bonds is 8. The summed E-state index contributed by atoms with van der Waals surface area (Å²) >= 11 is 0. The minimum atomic E-state index is -3.79. The zero-order chi connectivity index (χ0) is 22.5. The average molecular weight is 429 g/mol. The highest BCUT2D eigenvalue weighted by atomic mass is 32.2. The first-order chi connectivity index (χ1) is 13.5. The Labute approximate surface area is 172 Å². The standard InChI is InChI=1S/C16H21F2N3O2S.C4H9N/c1-4-5-12(2)10-21-15(16(3,17)18)11-20-13-6-8-14(9-7-13)24(19,22)23;1-2-3-4-5/h4-12,20H,1-3H3,(H2,19,22,23);3-4H,2,5H2,1H3/b5-4+,15-11-,21-10?;4-3-. The van der Waals surface area contributed by atoms with Gasteiger partial charge in [0.25, 0.3) is 5.92 Å². The molecule has 0 saturated heterocycles. The molecule has 0 radical (unpaired) electrons. The molecule has 0 saturated carbocycles. The molecule has 6 nitrogen and oxygen atoms in total. The highest BCUT2D eigenvalue weighted by Crippen LogP contribution is 2.24. The zero-order valence-corrected chi connectivity index (χ0v) is 18.0. The van der Waals surface area contributed by atoms with E-state index in [0.717, 1.165) is 19.5 Å². The number of nitrogens with one attached hydrogen (secondary N) is 1. The van der Waals surface area contributed by atoms with Crippen molar-refractivity contribution >= 4 is 21.9 Å². The van der Waals surface area contributed by atoms with E-state index >= 15 is 0 Å². The molecule has 0 bridgehead atoms. The van der Waals surface area contributed by atoms with Gasteiger partial charge in [-0.1, -0.05) is 32.1 Å².